The third-order valence-corrected chi connectivity index (χ3v) is 3.01. The predicted molar refractivity (Wildman–Crippen MR) is 68.4 cm³/mol. The molecule has 1 aromatic heterocycles. The molecule has 1 heterocycles. The fraction of sp³-hybridized carbons (Fsp3) is 0.769. The number of aryl methyl sites for hydroxylation is 2. The van der Waals surface area contributed by atoms with Crippen LogP contribution >= 0.6 is 0 Å². The fourth-order valence-corrected chi connectivity index (χ4v) is 2.06. The Morgan fingerprint density at radius 2 is 2.19 bits per heavy atom. The summed E-state index contributed by atoms with van der Waals surface area (Å²) in [6.07, 6.45) is 7.71. The van der Waals surface area contributed by atoms with Gasteiger partial charge in [-0.1, -0.05) is 20.8 Å². The molecule has 0 aliphatic carbocycles. The Morgan fingerprint density at radius 3 is 2.69 bits per heavy atom. The van der Waals surface area contributed by atoms with Crippen LogP contribution in [-0.2, 0) is 13.5 Å². The second-order valence-electron chi connectivity index (χ2n) is 4.82. The van der Waals surface area contributed by atoms with E-state index in [0.717, 1.165) is 13.0 Å². The molecule has 1 unspecified atom stereocenters. The summed E-state index contributed by atoms with van der Waals surface area (Å²) in [7, 11) is 1.97. The van der Waals surface area contributed by atoms with Gasteiger partial charge in [0.15, 0.2) is 0 Å². The molecular formula is C13H25N3. The second kappa shape index (κ2) is 6.69. The highest BCUT2D eigenvalue weighted by Gasteiger charge is 2.11. The van der Waals surface area contributed by atoms with E-state index >= 15 is 0 Å². The van der Waals surface area contributed by atoms with Crippen LogP contribution in [-0.4, -0.2) is 22.4 Å². The molecule has 0 amide bonds. The zero-order chi connectivity index (χ0) is 12.0. The quantitative estimate of drug-likeness (QED) is 0.769. The van der Waals surface area contributed by atoms with Gasteiger partial charge in [-0.05, 0) is 37.3 Å². The Hall–Kier alpha value is -0.830. The Morgan fingerprint density at radius 1 is 1.44 bits per heavy atom. The lowest BCUT2D eigenvalue weighted by molar-refractivity contribution is 0.377. The molecule has 0 radical (unpaired) electrons. The summed E-state index contributed by atoms with van der Waals surface area (Å²) in [4.78, 5) is 0. The first-order chi connectivity index (χ1) is 7.63. The average molecular weight is 223 g/mol. The molecule has 1 atom stereocenters. The molecule has 1 N–H and O–H groups in total. The Labute approximate surface area is 99.2 Å². The lowest BCUT2D eigenvalue weighted by Gasteiger charge is -2.21. The lowest BCUT2D eigenvalue weighted by atomic mass is 9.97. The van der Waals surface area contributed by atoms with Crippen LogP contribution in [0.1, 0.15) is 39.2 Å². The highest BCUT2D eigenvalue weighted by molar-refractivity contribution is 5.03. The van der Waals surface area contributed by atoms with E-state index in [2.05, 4.69) is 37.4 Å². The van der Waals surface area contributed by atoms with Crippen molar-refractivity contribution in [1.29, 1.82) is 0 Å². The van der Waals surface area contributed by atoms with Crippen molar-refractivity contribution < 1.29 is 0 Å². The fourth-order valence-electron chi connectivity index (χ4n) is 2.06. The van der Waals surface area contributed by atoms with Gasteiger partial charge in [0.25, 0.3) is 0 Å². The normalized spacial score (nSPS) is 13.3. The number of nitrogens with one attached hydrogen (secondary N) is 1. The van der Waals surface area contributed by atoms with Gasteiger partial charge < -0.3 is 5.32 Å². The third-order valence-electron chi connectivity index (χ3n) is 3.01. The van der Waals surface area contributed by atoms with Crippen molar-refractivity contribution in [3.63, 3.8) is 0 Å². The minimum Gasteiger partial charge on any atom is -0.314 e. The van der Waals surface area contributed by atoms with Crippen molar-refractivity contribution in [2.45, 2.75) is 46.1 Å². The van der Waals surface area contributed by atoms with Crippen LogP contribution in [0.4, 0.5) is 0 Å². The van der Waals surface area contributed by atoms with Crippen LogP contribution in [0.3, 0.4) is 0 Å². The summed E-state index contributed by atoms with van der Waals surface area (Å²) in [5, 5.41) is 7.74. The van der Waals surface area contributed by atoms with E-state index < -0.39 is 0 Å². The Bertz CT molecular complexity index is 291. The molecule has 0 saturated heterocycles. The highest BCUT2D eigenvalue weighted by atomic mass is 15.2. The minimum absolute atomic E-state index is 0.654. The van der Waals surface area contributed by atoms with Crippen LogP contribution in [0, 0.1) is 5.92 Å². The van der Waals surface area contributed by atoms with Crippen LogP contribution in [0.5, 0.6) is 0 Å². The van der Waals surface area contributed by atoms with E-state index in [1.807, 2.05) is 17.9 Å². The molecule has 0 spiro atoms. The van der Waals surface area contributed by atoms with Gasteiger partial charge in [-0.15, -0.1) is 0 Å². The second-order valence-corrected chi connectivity index (χ2v) is 4.82. The van der Waals surface area contributed by atoms with Crippen molar-refractivity contribution >= 4 is 0 Å². The van der Waals surface area contributed by atoms with Gasteiger partial charge in [0, 0.05) is 19.3 Å². The van der Waals surface area contributed by atoms with Gasteiger partial charge in [-0.2, -0.15) is 5.10 Å². The SMILES string of the molecule is CCNC(CCCc1cnn(C)c1)C(C)C. The molecule has 0 bridgehead atoms. The number of hydrogen-bond acceptors (Lipinski definition) is 2. The van der Waals surface area contributed by atoms with Gasteiger partial charge >= 0.3 is 0 Å². The van der Waals surface area contributed by atoms with Gasteiger partial charge in [0.1, 0.15) is 0 Å². The molecule has 0 aliphatic heterocycles. The number of hydrogen-bond donors (Lipinski definition) is 1. The average Bonchev–Trinajstić information content (AvgIpc) is 2.63. The van der Waals surface area contributed by atoms with Crippen LogP contribution in [0.25, 0.3) is 0 Å². The first-order valence-corrected chi connectivity index (χ1v) is 6.34. The van der Waals surface area contributed by atoms with Crippen LogP contribution in [0.2, 0.25) is 0 Å². The van der Waals surface area contributed by atoms with Crippen molar-refractivity contribution in [3.05, 3.63) is 18.0 Å². The summed E-state index contributed by atoms with van der Waals surface area (Å²) in [6, 6.07) is 0.654. The van der Waals surface area contributed by atoms with Gasteiger partial charge in [0.2, 0.25) is 0 Å². The van der Waals surface area contributed by atoms with E-state index in [-0.39, 0.29) is 0 Å². The zero-order valence-corrected chi connectivity index (χ0v) is 11.0. The predicted octanol–water partition coefficient (Wildman–Crippen LogP) is 2.38. The maximum atomic E-state index is 4.19. The van der Waals surface area contributed by atoms with E-state index in [1.54, 1.807) is 0 Å². The molecule has 92 valence electrons. The molecule has 3 heteroatoms. The van der Waals surface area contributed by atoms with Crippen molar-refractivity contribution in [2.24, 2.45) is 13.0 Å². The molecule has 0 saturated carbocycles. The first kappa shape index (κ1) is 13.2. The number of nitrogens with zero attached hydrogens (tertiary/aromatic N) is 2. The Balaban J connectivity index is 2.27. The summed E-state index contributed by atoms with van der Waals surface area (Å²) >= 11 is 0. The number of rotatable bonds is 7. The molecule has 0 aromatic carbocycles. The van der Waals surface area contributed by atoms with Gasteiger partial charge in [-0.25, -0.2) is 0 Å². The summed E-state index contributed by atoms with van der Waals surface area (Å²) in [6.45, 7) is 7.82. The molecular weight excluding hydrogens is 198 g/mol. The van der Waals surface area contributed by atoms with Crippen LogP contribution < -0.4 is 5.32 Å². The molecule has 0 fully saturated rings. The van der Waals surface area contributed by atoms with E-state index in [0.29, 0.717) is 12.0 Å². The van der Waals surface area contributed by atoms with Gasteiger partial charge in [-0.3, -0.25) is 4.68 Å². The topological polar surface area (TPSA) is 29.9 Å². The number of aromatic nitrogens is 2. The maximum Gasteiger partial charge on any atom is 0.0521 e. The maximum absolute atomic E-state index is 4.19. The molecule has 3 nitrogen and oxygen atoms in total. The lowest BCUT2D eigenvalue weighted by Crippen LogP contribution is -2.33. The minimum atomic E-state index is 0.654. The van der Waals surface area contributed by atoms with Gasteiger partial charge in [0.05, 0.1) is 6.20 Å². The zero-order valence-electron chi connectivity index (χ0n) is 11.0. The third kappa shape index (κ3) is 4.35. The van der Waals surface area contributed by atoms with Crippen molar-refractivity contribution in [1.82, 2.24) is 15.1 Å². The highest BCUT2D eigenvalue weighted by Crippen LogP contribution is 2.11. The largest absolute Gasteiger partial charge is 0.314 e. The van der Waals surface area contributed by atoms with Crippen molar-refractivity contribution in [2.75, 3.05) is 6.54 Å². The van der Waals surface area contributed by atoms with E-state index in [9.17, 15) is 0 Å². The molecule has 16 heavy (non-hydrogen) atoms. The molecule has 0 aliphatic rings. The Kier molecular flexibility index (Phi) is 5.53. The van der Waals surface area contributed by atoms with Crippen LogP contribution in [0.15, 0.2) is 12.4 Å². The summed E-state index contributed by atoms with van der Waals surface area (Å²) < 4.78 is 1.87. The monoisotopic (exact) mass is 223 g/mol. The molecule has 1 rings (SSSR count). The van der Waals surface area contributed by atoms with E-state index in [4.69, 9.17) is 0 Å². The molecule has 1 aromatic rings. The standard InChI is InChI=1S/C13H25N3/c1-5-14-13(11(2)3)8-6-7-12-9-15-16(4)10-12/h9-11,13-14H,5-8H2,1-4H3. The summed E-state index contributed by atoms with van der Waals surface area (Å²) in [5.41, 5.74) is 1.35. The van der Waals surface area contributed by atoms with Crippen molar-refractivity contribution in [3.8, 4) is 0 Å². The van der Waals surface area contributed by atoms with E-state index in [1.165, 1.54) is 18.4 Å². The summed E-state index contributed by atoms with van der Waals surface area (Å²) in [5.74, 6) is 0.717. The smallest absolute Gasteiger partial charge is 0.0521 e. The first-order valence-electron chi connectivity index (χ1n) is 6.34.